The van der Waals surface area contributed by atoms with Gasteiger partial charge in [-0.2, -0.15) is 0 Å². The fourth-order valence-corrected chi connectivity index (χ4v) is 1.42. The van der Waals surface area contributed by atoms with Gasteiger partial charge in [-0.05, 0) is 18.2 Å². The maximum absolute atomic E-state index is 11.5. The van der Waals surface area contributed by atoms with E-state index in [4.69, 9.17) is 22.1 Å². The number of hydrogen-bond acceptors (Lipinski definition) is 3. The second kappa shape index (κ2) is 7.72. The van der Waals surface area contributed by atoms with Crippen molar-refractivity contribution >= 4 is 23.2 Å². The molecule has 0 spiro atoms. The summed E-state index contributed by atoms with van der Waals surface area (Å²) in [7, 11) is 1.54. The number of nitrogens with two attached hydrogens (primary N) is 1. The van der Waals surface area contributed by atoms with E-state index in [1.807, 2.05) is 0 Å². The summed E-state index contributed by atoms with van der Waals surface area (Å²) in [5, 5.41) is 3.18. The number of methoxy groups -OCH3 is 1. The average molecular weight is 267 g/mol. The number of anilines is 1. The Morgan fingerprint density at radius 1 is 1.56 bits per heavy atom. The van der Waals surface area contributed by atoms with Gasteiger partial charge in [0.1, 0.15) is 0 Å². The summed E-state index contributed by atoms with van der Waals surface area (Å²) in [5.74, 6) is 5.47. The van der Waals surface area contributed by atoms with E-state index in [-0.39, 0.29) is 18.9 Å². The quantitative estimate of drug-likeness (QED) is 0.814. The molecule has 1 rings (SSSR count). The van der Waals surface area contributed by atoms with E-state index < -0.39 is 0 Å². The zero-order chi connectivity index (χ0) is 13.4. The van der Waals surface area contributed by atoms with Crippen LogP contribution in [-0.2, 0) is 9.53 Å². The Morgan fingerprint density at radius 3 is 3.00 bits per heavy atom. The minimum absolute atomic E-state index is 0.150. The van der Waals surface area contributed by atoms with Crippen LogP contribution in [0, 0.1) is 11.8 Å². The molecule has 1 aromatic carbocycles. The molecule has 96 valence electrons. The van der Waals surface area contributed by atoms with E-state index in [1.54, 1.807) is 25.3 Å². The molecule has 0 aliphatic rings. The highest BCUT2D eigenvalue weighted by Crippen LogP contribution is 2.22. The lowest BCUT2D eigenvalue weighted by Crippen LogP contribution is -2.14. The van der Waals surface area contributed by atoms with Crippen molar-refractivity contribution in [3.05, 3.63) is 28.8 Å². The molecule has 1 amide bonds. The molecule has 5 heteroatoms. The first-order valence-corrected chi connectivity index (χ1v) is 5.82. The Kier molecular flexibility index (Phi) is 6.23. The molecule has 0 bridgehead atoms. The number of carbonyl (C=O) groups excluding carboxylic acids is 1. The van der Waals surface area contributed by atoms with Crippen LogP contribution < -0.4 is 11.1 Å². The molecule has 0 aromatic heterocycles. The van der Waals surface area contributed by atoms with Gasteiger partial charge in [-0.1, -0.05) is 23.4 Å². The molecule has 0 aliphatic heterocycles. The maximum Gasteiger partial charge on any atom is 0.226 e. The lowest BCUT2D eigenvalue weighted by atomic mass is 10.2. The predicted octanol–water partition coefficient (Wildman–Crippen LogP) is 1.63. The van der Waals surface area contributed by atoms with E-state index >= 15 is 0 Å². The van der Waals surface area contributed by atoms with Crippen molar-refractivity contribution in [3.8, 4) is 11.8 Å². The number of ether oxygens (including phenoxy) is 1. The van der Waals surface area contributed by atoms with E-state index in [2.05, 4.69) is 17.2 Å². The van der Waals surface area contributed by atoms with Crippen LogP contribution >= 0.6 is 11.6 Å². The average Bonchev–Trinajstić information content (AvgIpc) is 2.37. The van der Waals surface area contributed by atoms with Gasteiger partial charge in [0.05, 0.1) is 30.3 Å². The van der Waals surface area contributed by atoms with Crippen molar-refractivity contribution in [3.63, 3.8) is 0 Å². The number of benzene rings is 1. The van der Waals surface area contributed by atoms with Crippen LogP contribution in [0.25, 0.3) is 0 Å². The normalized spacial score (nSPS) is 9.50. The lowest BCUT2D eigenvalue weighted by molar-refractivity contribution is -0.117. The number of nitrogens with one attached hydrogen (secondary N) is 1. The Hall–Kier alpha value is -1.54. The van der Waals surface area contributed by atoms with Crippen molar-refractivity contribution in [2.24, 2.45) is 5.73 Å². The third-order valence-electron chi connectivity index (χ3n) is 2.11. The number of amides is 1. The molecular formula is C13H15ClN2O2. The van der Waals surface area contributed by atoms with Crippen LogP contribution in [-0.4, -0.2) is 26.2 Å². The summed E-state index contributed by atoms with van der Waals surface area (Å²) >= 11 is 5.99. The molecule has 0 aliphatic carbocycles. The van der Waals surface area contributed by atoms with Gasteiger partial charge in [0.2, 0.25) is 5.91 Å². The lowest BCUT2D eigenvalue weighted by Gasteiger charge is -2.07. The van der Waals surface area contributed by atoms with Crippen molar-refractivity contribution in [2.45, 2.75) is 6.42 Å². The highest BCUT2D eigenvalue weighted by Gasteiger charge is 2.06. The minimum Gasteiger partial charge on any atom is -0.384 e. The zero-order valence-corrected chi connectivity index (χ0v) is 10.9. The number of halogens is 1. The number of hydrogen-bond donors (Lipinski definition) is 2. The first-order chi connectivity index (χ1) is 8.67. The zero-order valence-electron chi connectivity index (χ0n) is 10.1. The van der Waals surface area contributed by atoms with Gasteiger partial charge in [0.15, 0.2) is 0 Å². The molecule has 0 atom stereocenters. The summed E-state index contributed by atoms with van der Waals surface area (Å²) in [4.78, 5) is 11.5. The van der Waals surface area contributed by atoms with Crippen LogP contribution in [0.2, 0.25) is 5.02 Å². The van der Waals surface area contributed by atoms with Gasteiger partial charge in [0, 0.05) is 12.7 Å². The van der Waals surface area contributed by atoms with Gasteiger partial charge in [-0.25, -0.2) is 0 Å². The SMILES string of the molecule is COCCC(=O)Nc1cc(C#CCN)ccc1Cl. The van der Waals surface area contributed by atoms with E-state index in [0.717, 1.165) is 5.56 Å². The van der Waals surface area contributed by atoms with Crippen molar-refractivity contribution in [1.82, 2.24) is 0 Å². The summed E-state index contributed by atoms with van der Waals surface area (Å²) < 4.78 is 4.83. The summed E-state index contributed by atoms with van der Waals surface area (Å²) in [6.07, 6.45) is 0.283. The predicted molar refractivity (Wildman–Crippen MR) is 72.5 cm³/mol. The Balaban J connectivity index is 2.77. The van der Waals surface area contributed by atoms with Gasteiger partial charge < -0.3 is 15.8 Å². The van der Waals surface area contributed by atoms with Crippen LogP contribution in [0.4, 0.5) is 5.69 Å². The number of carbonyl (C=O) groups is 1. The van der Waals surface area contributed by atoms with Crippen molar-refractivity contribution in [1.29, 1.82) is 0 Å². The summed E-state index contributed by atoms with van der Waals surface area (Å²) in [6, 6.07) is 5.18. The molecule has 0 unspecified atom stereocenters. The van der Waals surface area contributed by atoms with Crippen LogP contribution in [0.15, 0.2) is 18.2 Å². The second-order valence-electron chi connectivity index (χ2n) is 3.49. The molecule has 0 fully saturated rings. The standard InChI is InChI=1S/C13H15ClN2O2/c1-18-8-6-13(17)16-12-9-10(3-2-7-15)4-5-11(12)14/h4-5,9H,6-8,15H2,1H3,(H,16,17). The van der Waals surface area contributed by atoms with E-state index in [1.165, 1.54) is 0 Å². The van der Waals surface area contributed by atoms with Crippen molar-refractivity contribution in [2.75, 3.05) is 25.6 Å². The van der Waals surface area contributed by atoms with Gasteiger partial charge >= 0.3 is 0 Å². The molecular weight excluding hydrogens is 252 g/mol. The van der Waals surface area contributed by atoms with Gasteiger partial charge in [-0.3, -0.25) is 4.79 Å². The third-order valence-corrected chi connectivity index (χ3v) is 2.44. The summed E-state index contributed by atoms with van der Waals surface area (Å²) in [6.45, 7) is 0.661. The van der Waals surface area contributed by atoms with Gasteiger partial charge in [0.25, 0.3) is 0 Å². The highest BCUT2D eigenvalue weighted by atomic mass is 35.5. The fraction of sp³-hybridized carbons (Fsp3) is 0.308. The van der Waals surface area contributed by atoms with E-state index in [0.29, 0.717) is 17.3 Å². The first kappa shape index (κ1) is 14.5. The molecule has 0 radical (unpaired) electrons. The minimum atomic E-state index is -0.150. The second-order valence-corrected chi connectivity index (χ2v) is 3.90. The largest absolute Gasteiger partial charge is 0.384 e. The summed E-state index contributed by atoms with van der Waals surface area (Å²) in [5.41, 5.74) is 6.60. The van der Waals surface area contributed by atoms with Crippen LogP contribution in [0.3, 0.4) is 0 Å². The maximum atomic E-state index is 11.5. The highest BCUT2D eigenvalue weighted by molar-refractivity contribution is 6.33. The third kappa shape index (κ3) is 4.76. The molecule has 0 heterocycles. The Bertz CT molecular complexity index is 478. The molecule has 0 saturated heterocycles. The topological polar surface area (TPSA) is 64.3 Å². The van der Waals surface area contributed by atoms with Crippen LogP contribution in [0.1, 0.15) is 12.0 Å². The Morgan fingerprint density at radius 2 is 2.33 bits per heavy atom. The fourth-order valence-electron chi connectivity index (χ4n) is 1.26. The number of rotatable bonds is 4. The first-order valence-electron chi connectivity index (χ1n) is 5.44. The molecule has 18 heavy (non-hydrogen) atoms. The van der Waals surface area contributed by atoms with E-state index in [9.17, 15) is 4.79 Å². The molecule has 3 N–H and O–H groups in total. The monoisotopic (exact) mass is 266 g/mol. The molecule has 1 aromatic rings. The Labute approximate surface area is 111 Å². The molecule has 0 saturated carbocycles. The van der Waals surface area contributed by atoms with Crippen LogP contribution in [0.5, 0.6) is 0 Å². The molecule has 4 nitrogen and oxygen atoms in total. The van der Waals surface area contributed by atoms with Crippen molar-refractivity contribution < 1.29 is 9.53 Å². The smallest absolute Gasteiger partial charge is 0.226 e. The van der Waals surface area contributed by atoms with Gasteiger partial charge in [-0.15, -0.1) is 0 Å².